The van der Waals surface area contributed by atoms with Crippen molar-refractivity contribution in [3.8, 4) is 5.75 Å². The Morgan fingerprint density at radius 2 is 2.15 bits per heavy atom. The number of imide groups is 1. The molecule has 142 valence electrons. The summed E-state index contributed by atoms with van der Waals surface area (Å²) >= 11 is 3.33. The first-order chi connectivity index (χ1) is 12.5. The molecule has 1 N–H and O–H groups in total. The van der Waals surface area contributed by atoms with Crippen molar-refractivity contribution in [1.82, 2.24) is 10.2 Å². The van der Waals surface area contributed by atoms with Crippen LogP contribution >= 0.6 is 15.9 Å². The van der Waals surface area contributed by atoms with Crippen LogP contribution in [0.4, 0.5) is 4.39 Å². The molecule has 1 aliphatic rings. The summed E-state index contributed by atoms with van der Waals surface area (Å²) in [6.07, 6.45) is 2.77. The fraction of sp³-hybridized carbons (Fsp3) is 0.500. The van der Waals surface area contributed by atoms with Gasteiger partial charge in [0.15, 0.2) is 11.6 Å². The number of nitrogens with zero attached hydrogens (tertiary/aromatic N) is 1. The molecule has 2 rings (SSSR count). The van der Waals surface area contributed by atoms with Crippen LogP contribution in [-0.2, 0) is 20.9 Å². The Bertz CT molecular complexity index is 683. The molecule has 1 aromatic carbocycles. The lowest BCUT2D eigenvalue weighted by Crippen LogP contribution is -2.51. The number of carbonyl (C=O) groups excluding carboxylic acids is 3. The Morgan fingerprint density at radius 1 is 1.38 bits per heavy atom. The number of ether oxygens (including phenoxy) is 1. The second-order valence-corrected chi connectivity index (χ2v) is 6.99. The maximum Gasteiger partial charge on any atom is 0.249 e. The Balaban J connectivity index is 2.12. The zero-order chi connectivity index (χ0) is 19.1. The zero-order valence-electron chi connectivity index (χ0n) is 14.6. The first-order valence-corrected chi connectivity index (χ1v) is 9.61. The lowest BCUT2D eigenvalue weighted by atomic mass is 10.0. The maximum absolute atomic E-state index is 14.1. The monoisotopic (exact) mass is 428 g/mol. The normalized spacial score (nSPS) is 17.0. The molecule has 1 saturated heterocycles. The number of amides is 3. The summed E-state index contributed by atoms with van der Waals surface area (Å²) in [6, 6.07) is 2.22. The van der Waals surface area contributed by atoms with Crippen molar-refractivity contribution in [2.45, 2.75) is 45.2 Å². The molecule has 0 aromatic heterocycles. The van der Waals surface area contributed by atoms with Crippen molar-refractivity contribution < 1.29 is 23.5 Å². The topological polar surface area (TPSA) is 75.7 Å². The number of halogens is 2. The molecule has 3 amide bonds. The van der Waals surface area contributed by atoms with E-state index in [0.29, 0.717) is 24.1 Å². The highest BCUT2D eigenvalue weighted by molar-refractivity contribution is 9.09. The summed E-state index contributed by atoms with van der Waals surface area (Å²) < 4.78 is 19.6. The minimum atomic E-state index is -0.710. The van der Waals surface area contributed by atoms with Crippen LogP contribution in [0.25, 0.3) is 0 Å². The third-order valence-corrected chi connectivity index (χ3v) is 4.84. The molecule has 8 heteroatoms. The van der Waals surface area contributed by atoms with E-state index in [0.717, 1.165) is 18.2 Å². The number of carbonyl (C=O) groups is 3. The van der Waals surface area contributed by atoms with Crippen molar-refractivity contribution in [2.75, 3.05) is 11.9 Å². The second-order valence-electron chi connectivity index (χ2n) is 6.20. The molecule has 1 unspecified atom stereocenters. The van der Waals surface area contributed by atoms with Crippen molar-refractivity contribution in [3.05, 3.63) is 29.1 Å². The predicted molar refractivity (Wildman–Crippen MR) is 97.4 cm³/mol. The van der Waals surface area contributed by atoms with Crippen LogP contribution in [0.15, 0.2) is 12.1 Å². The van der Waals surface area contributed by atoms with E-state index in [2.05, 4.69) is 21.2 Å². The lowest BCUT2D eigenvalue weighted by Gasteiger charge is -2.30. The van der Waals surface area contributed by atoms with Crippen LogP contribution in [0.1, 0.15) is 36.8 Å². The molecule has 6 nitrogen and oxygen atoms in total. The minimum absolute atomic E-state index is 0.134. The van der Waals surface area contributed by atoms with Gasteiger partial charge in [-0.3, -0.25) is 19.7 Å². The first kappa shape index (κ1) is 20.4. The fourth-order valence-corrected chi connectivity index (χ4v) is 3.17. The van der Waals surface area contributed by atoms with Gasteiger partial charge in [0.2, 0.25) is 18.2 Å². The Labute approximate surface area is 160 Å². The van der Waals surface area contributed by atoms with Gasteiger partial charge < -0.3 is 9.64 Å². The molecule has 26 heavy (non-hydrogen) atoms. The Kier molecular flexibility index (Phi) is 7.56. The molecule has 0 aliphatic carbocycles. The number of hydrogen-bond acceptors (Lipinski definition) is 4. The van der Waals surface area contributed by atoms with Gasteiger partial charge in [-0.25, -0.2) is 4.39 Å². The Hall–Kier alpha value is -1.96. The van der Waals surface area contributed by atoms with Crippen LogP contribution in [0.3, 0.4) is 0 Å². The predicted octanol–water partition coefficient (Wildman–Crippen LogP) is 2.45. The number of unbranched alkanes of at least 4 members (excludes halogenated alkanes) is 1. The molecule has 1 aliphatic heterocycles. The quantitative estimate of drug-likeness (QED) is 0.283. The summed E-state index contributed by atoms with van der Waals surface area (Å²) in [5, 5.41) is 3.10. The van der Waals surface area contributed by atoms with E-state index >= 15 is 0 Å². The van der Waals surface area contributed by atoms with Gasteiger partial charge in [0.1, 0.15) is 6.04 Å². The average Bonchev–Trinajstić information content (AvgIpc) is 2.60. The molecule has 0 spiro atoms. The molecular weight excluding hydrogens is 407 g/mol. The second kappa shape index (κ2) is 9.66. The highest BCUT2D eigenvalue weighted by atomic mass is 79.9. The van der Waals surface area contributed by atoms with Gasteiger partial charge in [-0.2, -0.15) is 0 Å². The van der Waals surface area contributed by atoms with E-state index in [1.165, 1.54) is 11.0 Å². The number of nitrogens with one attached hydrogen (secondary N) is 1. The third kappa shape index (κ3) is 5.27. The van der Waals surface area contributed by atoms with Gasteiger partial charge in [-0.1, -0.05) is 15.9 Å². The smallest absolute Gasteiger partial charge is 0.249 e. The summed E-state index contributed by atoms with van der Waals surface area (Å²) in [6.45, 7) is 2.27. The van der Waals surface area contributed by atoms with E-state index in [1.807, 2.05) is 0 Å². The van der Waals surface area contributed by atoms with Crippen LogP contribution < -0.4 is 10.1 Å². The highest BCUT2D eigenvalue weighted by Gasteiger charge is 2.31. The van der Waals surface area contributed by atoms with E-state index in [-0.39, 0.29) is 31.0 Å². The molecule has 0 bridgehead atoms. The maximum atomic E-state index is 14.1. The van der Waals surface area contributed by atoms with Crippen LogP contribution in [0.2, 0.25) is 0 Å². The summed E-state index contributed by atoms with van der Waals surface area (Å²) in [7, 11) is 0. The summed E-state index contributed by atoms with van der Waals surface area (Å²) in [4.78, 5) is 36.1. The number of rotatable bonds is 9. The molecule has 1 aromatic rings. The molecular formula is C18H22BrFN2O4. The van der Waals surface area contributed by atoms with Gasteiger partial charge >= 0.3 is 0 Å². The highest BCUT2D eigenvalue weighted by Crippen LogP contribution is 2.25. The summed E-state index contributed by atoms with van der Waals surface area (Å²) in [5.41, 5.74) is 1.35. The number of aryl methyl sites for hydroxylation is 1. The molecule has 1 atom stereocenters. The first-order valence-electron chi connectivity index (χ1n) is 8.48. The average molecular weight is 429 g/mol. The lowest BCUT2D eigenvalue weighted by molar-refractivity contribution is -0.141. The number of hydrogen-bond donors (Lipinski definition) is 1. The molecule has 1 fully saturated rings. The van der Waals surface area contributed by atoms with E-state index < -0.39 is 17.8 Å². The van der Waals surface area contributed by atoms with Crippen molar-refractivity contribution in [1.29, 1.82) is 0 Å². The van der Waals surface area contributed by atoms with Crippen molar-refractivity contribution in [2.24, 2.45) is 0 Å². The van der Waals surface area contributed by atoms with E-state index in [9.17, 15) is 18.8 Å². The largest absolute Gasteiger partial charge is 0.491 e. The van der Waals surface area contributed by atoms with Crippen molar-refractivity contribution in [3.63, 3.8) is 0 Å². The summed E-state index contributed by atoms with van der Waals surface area (Å²) in [5.74, 6) is -1.15. The van der Waals surface area contributed by atoms with E-state index in [4.69, 9.17) is 4.74 Å². The van der Waals surface area contributed by atoms with Gasteiger partial charge in [-0.05, 0) is 49.4 Å². The fourth-order valence-electron chi connectivity index (χ4n) is 2.77. The number of piperidine rings is 1. The Morgan fingerprint density at radius 3 is 2.81 bits per heavy atom. The number of alkyl halides is 1. The molecule has 0 saturated carbocycles. The van der Waals surface area contributed by atoms with Crippen LogP contribution in [0.5, 0.6) is 5.75 Å². The van der Waals surface area contributed by atoms with Crippen molar-refractivity contribution >= 4 is 34.2 Å². The zero-order valence-corrected chi connectivity index (χ0v) is 16.2. The standard InChI is InChI=1S/C18H22BrFN2O4/c1-12-8-14(20)16(26-7-3-2-6-19)9-13(12)10-22(11-23)15-4-5-17(24)21-18(15)25/h8-9,11,15H,2-7,10H2,1H3,(H,21,24,25). The van der Waals surface area contributed by atoms with Crippen LogP contribution in [-0.4, -0.2) is 41.1 Å². The third-order valence-electron chi connectivity index (χ3n) is 4.27. The van der Waals surface area contributed by atoms with Gasteiger partial charge in [-0.15, -0.1) is 0 Å². The van der Waals surface area contributed by atoms with Gasteiger partial charge in [0.05, 0.1) is 6.61 Å². The van der Waals surface area contributed by atoms with E-state index in [1.54, 1.807) is 13.0 Å². The molecule has 1 heterocycles. The van der Waals surface area contributed by atoms with Gasteiger partial charge in [0.25, 0.3) is 0 Å². The van der Waals surface area contributed by atoms with Gasteiger partial charge in [0, 0.05) is 18.3 Å². The SMILES string of the molecule is Cc1cc(F)c(OCCCCBr)cc1CN(C=O)C1CCC(=O)NC1=O. The van der Waals surface area contributed by atoms with Crippen LogP contribution in [0, 0.1) is 12.7 Å². The number of benzene rings is 1. The molecule has 0 radical (unpaired) electrons. The minimum Gasteiger partial charge on any atom is -0.491 e.